The van der Waals surface area contributed by atoms with Gasteiger partial charge in [-0.2, -0.15) is 5.10 Å². The second-order valence-corrected chi connectivity index (χ2v) is 2.98. The lowest BCUT2D eigenvalue weighted by Gasteiger charge is -1.94. The first kappa shape index (κ1) is 7.94. The fourth-order valence-electron chi connectivity index (χ4n) is 0.699. The van der Waals surface area contributed by atoms with Crippen molar-refractivity contribution in [3.05, 3.63) is 22.4 Å². The second kappa shape index (κ2) is 3.88. The Hall–Kier alpha value is -1.16. The molecule has 0 saturated heterocycles. The van der Waals surface area contributed by atoms with Crippen molar-refractivity contribution in [1.82, 2.24) is 5.43 Å². The van der Waals surface area contributed by atoms with Crippen LogP contribution in [0.25, 0.3) is 0 Å². The molecule has 0 radical (unpaired) electrons. The van der Waals surface area contributed by atoms with E-state index in [-0.39, 0.29) is 5.91 Å². The van der Waals surface area contributed by atoms with Gasteiger partial charge in [0.05, 0.1) is 6.42 Å². The number of carbonyl (C=O) groups excluding carboxylic acids is 1. The maximum absolute atomic E-state index is 10.9. The molecule has 0 bridgehead atoms. The summed E-state index contributed by atoms with van der Waals surface area (Å²) in [6.07, 6.45) is 0.386. The fraction of sp³-hybridized carbons (Fsp3) is 0.143. The van der Waals surface area contributed by atoms with E-state index >= 15 is 0 Å². The molecule has 0 fully saturated rings. The van der Waals surface area contributed by atoms with E-state index in [0.717, 1.165) is 4.88 Å². The van der Waals surface area contributed by atoms with Gasteiger partial charge in [-0.15, -0.1) is 11.3 Å². The van der Waals surface area contributed by atoms with Crippen molar-refractivity contribution in [2.45, 2.75) is 6.42 Å². The topological polar surface area (TPSA) is 41.5 Å². The third-order valence-electron chi connectivity index (χ3n) is 1.12. The Labute approximate surface area is 68.7 Å². The van der Waals surface area contributed by atoms with Crippen LogP contribution in [0.15, 0.2) is 22.6 Å². The molecule has 0 unspecified atom stereocenters. The number of nitrogens with one attached hydrogen (secondary N) is 1. The number of carbonyl (C=O) groups is 1. The van der Waals surface area contributed by atoms with E-state index in [9.17, 15) is 4.79 Å². The van der Waals surface area contributed by atoms with Gasteiger partial charge in [0.2, 0.25) is 5.91 Å². The van der Waals surface area contributed by atoms with Crippen molar-refractivity contribution in [3.8, 4) is 0 Å². The number of nitrogens with zero attached hydrogens (tertiary/aromatic N) is 1. The maximum Gasteiger partial charge on any atom is 0.245 e. The van der Waals surface area contributed by atoms with Crippen molar-refractivity contribution in [1.29, 1.82) is 0 Å². The van der Waals surface area contributed by atoms with E-state index in [2.05, 4.69) is 17.2 Å². The zero-order chi connectivity index (χ0) is 8.10. The van der Waals surface area contributed by atoms with Crippen LogP contribution in [-0.4, -0.2) is 12.6 Å². The second-order valence-electron chi connectivity index (χ2n) is 1.95. The molecule has 0 atom stereocenters. The minimum absolute atomic E-state index is 0.123. The van der Waals surface area contributed by atoms with Crippen molar-refractivity contribution in [2.75, 3.05) is 0 Å². The average molecular weight is 168 g/mol. The highest BCUT2D eigenvalue weighted by Crippen LogP contribution is 2.08. The molecule has 58 valence electrons. The number of hydrogen-bond acceptors (Lipinski definition) is 3. The summed E-state index contributed by atoms with van der Waals surface area (Å²) in [7, 11) is 0. The lowest BCUT2D eigenvalue weighted by Crippen LogP contribution is -2.18. The third-order valence-corrected chi connectivity index (χ3v) is 2.00. The molecule has 0 aromatic carbocycles. The normalized spacial score (nSPS) is 9.09. The van der Waals surface area contributed by atoms with Crippen LogP contribution >= 0.6 is 11.3 Å². The van der Waals surface area contributed by atoms with E-state index in [1.807, 2.05) is 17.5 Å². The number of hydrogen-bond donors (Lipinski definition) is 1. The van der Waals surface area contributed by atoms with Crippen molar-refractivity contribution in [3.63, 3.8) is 0 Å². The predicted molar refractivity (Wildman–Crippen MR) is 45.7 cm³/mol. The van der Waals surface area contributed by atoms with Crippen molar-refractivity contribution >= 4 is 24.0 Å². The largest absolute Gasteiger partial charge is 0.273 e. The molecule has 0 aliphatic rings. The van der Waals surface area contributed by atoms with Crippen LogP contribution in [0.1, 0.15) is 4.88 Å². The molecule has 1 aromatic heterocycles. The molecule has 11 heavy (non-hydrogen) atoms. The summed E-state index contributed by atoms with van der Waals surface area (Å²) < 4.78 is 0. The molecule has 0 spiro atoms. The van der Waals surface area contributed by atoms with Crippen LogP contribution in [0, 0.1) is 0 Å². The van der Waals surface area contributed by atoms with Crippen LogP contribution in [0.3, 0.4) is 0 Å². The Kier molecular flexibility index (Phi) is 2.80. The standard InChI is InChI=1S/C7H8N2OS/c1-8-9-7(10)5-6-3-2-4-11-6/h2-4H,1,5H2,(H,9,10). The lowest BCUT2D eigenvalue weighted by atomic mass is 10.3. The minimum Gasteiger partial charge on any atom is -0.273 e. The Morgan fingerprint density at radius 1 is 1.82 bits per heavy atom. The third kappa shape index (κ3) is 2.51. The molecule has 1 amide bonds. The Morgan fingerprint density at radius 2 is 2.64 bits per heavy atom. The number of amides is 1. The van der Waals surface area contributed by atoms with Crippen molar-refractivity contribution < 1.29 is 4.79 Å². The molecular weight excluding hydrogens is 160 g/mol. The Morgan fingerprint density at radius 3 is 3.18 bits per heavy atom. The van der Waals surface area contributed by atoms with Gasteiger partial charge < -0.3 is 0 Å². The van der Waals surface area contributed by atoms with Gasteiger partial charge in [0, 0.05) is 11.6 Å². The molecule has 1 heterocycles. The van der Waals surface area contributed by atoms with E-state index in [4.69, 9.17) is 0 Å². The molecular formula is C7H8N2OS. The molecule has 4 heteroatoms. The molecule has 1 N–H and O–H groups in total. The molecule has 0 aliphatic carbocycles. The van der Waals surface area contributed by atoms with Gasteiger partial charge in [0.1, 0.15) is 0 Å². The van der Waals surface area contributed by atoms with Gasteiger partial charge in [-0.25, -0.2) is 5.43 Å². The van der Waals surface area contributed by atoms with Crippen LogP contribution in [0.4, 0.5) is 0 Å². The van der Waals surface area contributed by atoms with Crippen LogP contribution in [0.2, 0.25) is 0 Å². The van der Waals surface area contributed by atoms with E-state index < -0.39 is 0 Å². The maximum atomic E-state index is 10.9. The number of thiophene rings is 1. The lowest BCUT2D eigenvalue weighted by molar-refractivity contribution is -0.120. The predicted octanol–water partition coefficient (Wildman–Crippen LogP) is 1.02. The van der Waals surface area contributed by atoms with E-state index in [0.29, 0.717) is 6.42 Å². The zero-order valence-corrected chi connectivity index (χ0v) is 6.73. The first-order valence-electron chi connectivity index (χ1n) is 3.10. The van der Waals surface area contributed by atoms with Crippen molar-refractivity contribution in [2.24, 2.45) is 5.10 Å². The number of hydrazone groups is 1. The molecule has 0 saturated carbocycles. The molecule has 1 rings (SSSR count). The van der Waals surface area contributed by atoms with Crippen LogP contribution < -0.4 is 5.43 Å². The summed E-state index contributed by atoms with van der Waals surface area (Å²) >= 11 is 1.55. The molecule has 0 aliphatic heterocycles. The van der Waals surface area contributed by atoms with Gasteiger partial charge >= 0.3 is 0 Å². The van der Waals surface area contributed by atoms with E-state index in [1.165, 1.54) is 0 Å². The highest BCUT2D eigenvalue weighted by molar-refractivity contribution is 7.10. The van der Waals surface area contributed by atoms with E-state index in [1.54, 1.807) is 11.3 Å². The smallest absolute Gasteiger partial charge is 0.245 e. The SMILES string of the molecule is C=NNC(=O)Cc1cccs1. The van der Waals surface area contributed by atoms with Gasteiger partial charge in [-0.05, 0) is 11.4 Å². The Balaban J connectivity index is 2.43. The molecule has 1 aromatic rings. The van der Waals surface area contributed by atoms with Gasteiger partial charge in [0.25, 0.3) is 0 Å². The summed E-state index contributed by atoms with van der Waals surface area (Å²) in [5.41, 5.74) is 2.27. The van der Waals surface area contributed by atoms with Gasteiger partial charge in [-0.1, -0.05) is 6.07 Å². The summed E-state index contributed by atoms with van der Waals surface area (Å²) in [6.45, 7) is 3.15. The fourth-order valence-corrected chi connectivity index (χ4v) is 1.40. The van der Waals surface area contributed by atoms with Crippen LogP contribution in [0.5, 0.6) is 0 Å². The highest BCUT2D eigenvalue weighted by atomic mass is 32.1. The highest BCUT2D eigenvalue weighted by Gasteiger charge is 2.00. The first-order chi connectivity index (χ1) is 5.33. The first-order valence-corrected chi connectivity index (χ1v) is 3.98. The summed E-state index contributed by atoms with van der Waals surface area (Å²) in [6, 6.07) is 3.82. The number of rotatable bonds is 3. The van der Waals surface area contributed by atoms with Crippen LogP contribution in [-0.2, 0) is 11.2 Å². The molecule has 3 nitrogen and oxygen atoms in total. The zero-order valence-electron chi connectivity index (χ0n) is 5.91. The van der Waals surface area contributed by atoms with Gasteiger partial charge in [0.15, 0.2) is 0 Å². The monoisotopic (exact) mass is 168 g/mol. The quantitative estimate of drug-likeness (QED) is 0.531. The Bertz CT molecular complexity index is 243. The minimum atomic E-state index is -0.123. The summed E-state index contributed by atoms with van der Waals surface area (Å²) in [4.78, 5) is 11.9. The average Bonchev–Trinajstić information content (AvgIpc) is 2.40. The summed E-state index contributed by atoms with van der Waals surface area (Å²) in [5.74, 6) is -0.123. The summed E-state index contributed by atoms with van der Waals surface area (Å²) in [5, 5.41) is 5.21. The van der Waals surface area contributed by atoms with Gasteiger partial charge in [-0.3, -0.25) is 4.79 Å².